The summed E-state index contributed by atoms with van der Waals surface area (Å²) in [4.78, 5) is 0.531. The molecule has 10 heteroatoms. The van der Waals surface area contributed by atoms with Gasteiger partial charge in [0.05, 0.1) is 16.9 Å². The second-order valence-corrected chi connectivity index (χ2v) is 15.9. The van der Waals surface area contributed by atoms with Gasteiger partial charge in [0, 0.05) is 0 Å². The minimum atomic E-state index is -3.68. The minimum absolute atomic E-state index is 0.0655. The van der Waals surface area contributed by atoms with E-state index in [0.717, 1.165) is 0 Å². The lowest BCUT2D eigenvalue weighted by Crippen LogP contribution is -2.17. The Bertz CT molecular complexity index is 828. The molecule has 1 unspecified atom stereocenters. The standard InChI is InChI=1S/C14H11Br3O5S2/c1-21-10-2-6-12(7-3-10)23(18)22-11-4-8-13(9-5-11)24(19,20)14(15,16)17/h2-9H,1H3. The van der Waals surface area contributed by atoms with E-state index in [2.05, 4.69) is 47.8 Å². The highest BCUT2D eigenvalue weighted by Crippen LogP contribution is 2.43. The number of sulfone groups is 1. The third-order valence-corrected chi connectivity index (χ3v) is 9.20. The van der Waals surface area contributed by atoms with Crippen LogP contribution in [0.15, 0.2) is 58.3 Å². The van der Waals surface area contributed by atoms with Crippen LogP contribution in [0, 0.1) is 0 Å². The SMILES string of the molecule is COc1ccc(S(=O)Oc2ccc(S(=O)(=O)C(Br)(Br)Br)cc2)cc1. The first-order chi connectivity index (χ1) is 11.1. The first kappa shape index (κ1) is 19.9. The second-order valence-electron chi connectivity index (χ2n) is 4.41. The Hall–Kier alpha value is -0.420. The molecule has 2 rings (SSSR count). The number of ether oxygens (including phenoxy) is 1. The third kappa shape index (κ3) is 4.60. The van der Waals surface area contributed by atoms with Gasteiger partial charge in [0.2, 0.25) is 22.4 Å². The highest BCUT2D eigenvalue weighted by Gasteiger charge is 2.37. The van der Waals surface area contributed by atoms with E-state index in [9.17, 15) is 12.6 Å². The number of benzene rings is 2. The number of alkyl halides is 3. The van der Waals surface area contributed by atoms with Crippen LogP contribution >= 0.6 is 47.8 Å². The Balaban J connectivity index is 2.15. The predicted molar refractivity (Wildman–Crippen MR) is 103 cm³/mol. The van der Waals surface area contributed by atoms with Gasteiger partial charge in [0.25, 0.3) is 0 Å². The Kier molecular flexibility index (Phi) is 6.52. The lowest BCUT2D eigenvalue weighted by Gasteiger charge is -2.13. The number of rotatable bonds is 5. The summed E-state index contributed by atoms with van der Waals surface area (Å²) >= 11 is 7.26. The zero-order valence-electron chi connectivity index (χ0n) is 12.1. The van der Waals surface area contributed by atoms with Crippen LogP contribution in [-0.2, 0) is 20.9 Å². The molecule has 0 saturated carbocycles. The van der Waals surface area contributed by atoms with Crippen molar-refractivity contribution in [1.82, 2.24) is 0 Å². The van der Waals surface area contributed by atoms with Gasteiger partial charge >= 0.3 is 0 Å². The molecule has 24 heavy (non-hydrogen) atoms. The summed E-state index contributed by atoms with van der Waals surface area (Å²) in [5.41, 5.74) is 0. The number of halogens is 3. The van der Waals surface area contributed by atoms with Gasteiger partial charge in [-0.25, -0.2) is 12.6 Å². The van der Waals surface area contributed by atoms with Crippen molar-refractivity contribution in [3.05, 3.63) is 48.5 Å². The fourth-order valence-corrected chi connectivity index (χ4v) is 4.81. The fourth-order valence-electron chi connectivity index (χ4n) is 1.63. The van der Waals surface area contributed by atoms with Gasteiger partial charge < -0.3 is 8.92 Å². The normalized spacial score (nSPS) is 13.3. The lowest BCUT2D eigenvalue weighted by molar-refractivity contribution is 0.414. The molecule has 0 aliphatic heterocycles. The van der Waals surface area contributed by atoms with Gasteiger partial charge in [0.1, 0.15) is 11.5 Å². The molecule has 0 aliphatic rings. The van der Waals surface area contributed by atoms with Crippen LogP contribution in [0.2, 0.25) is 0 Å². The largest absolute Gasteiger partial charge is 0.497 e. The van der Waals surface area contributed by atoms with E-state index in [4.69, 9.17) is 8.92 Å². The Labute approximate surface area is 167 Å². The quantitative estimate of drug-likeness (QED) is 0.506. The minimum Gasteiger partial charge on any atom is -0.497 e. The summed E-state index contributed by atoms with van der Waals surface area (Å²) in [7, 11) is -2.14. The molecular weight excluding hydrogens is 552 g/mol. The van der Waals surface area contributed by atoms with E-state index >= 15 is 0 Å². The van der Waals surface area contributed by atoms with Crippen molar-refractivity contribution in [1.29, 1.82) is 0 Å². The average molecular weight is 563 g/mol. The van der Waals surface area contributed by atoms with Crippen molar-refractivity contribution in [2.75, 3.05) is 7.11 Å². The highest BCUT2D eigenvalue weighted by atomic mass is 80.0. The van der Waals surface area contributed by atoms with Gasteiger partial charge in [0.15, 0.2) is 0 Å². The van der Waals surface area contributed by atoms with Crippen LogP contribution in [0.4, 0.5) is 0 Å². The van der Waals surface area contributed by atoms with E-state index in [1.54, 1.807) is 31.4 Å². The zero-order chi connectivity index (χ0) is 18.0. The van der Waals surface area contributed by atoms with Crippen LogP contribution in [-0.4, -0.2) is 21.2 Å². The summed E-state index contributed by atoms with van der Waals surface area (Å²) < 4.78 is 45.5. The summed E-state index contributed by atoms with van der Waals surface area (Å²) in [5.74, 6) is 0.931. The molecular formula is C14H11Br3O5S2. The Morgan fingerprint density at radius 1 is 0.917 bits per heavy atom. The van der Waals surface area contributed by atoms with Crippen molar-refractivity contribution >= 4 is 68.7 Å². The van der Waals surface area contributed by atoms with E-state index in [-0.39, 0.29) is 10.6 Å². The molecule has 0 heterocycles. The summed E-state index contributed by atoms with van der Waals surface area (Å²) in [5, 5.41) is 0. The molecule has 2 aromatic rings. The van der Waals surface area contributed by atoms with Crippen molar-refractivity contribution in [3.63, 3.8) is 0 Å². The van der Waals surface area contributed by atoms with Crippen LogP contribution in [0.5, 0.6) is 11.5 Å². The maximum Gasteiger partial charge on any atom is 0.240 e. The maximum absolute atomic E-state index is 12.2. The van der Waals surface area contributed by atoms with Gasteiger partial charge in [-0.1, -0.05) is 0 Å². The van der Waals surface area contributed by atoms with Gasteiger partial charge in [-0.05, 0) is 96.3 Å². The molecule has 0 spiro atoms. The van der Waals surface area contributed by atoms with E-state index in [0.29, 0.717) is 10.6 Å². The van der Waals surface area contributed by atoms with Crippen molar-refractivity contribution in [3.8, 4) is 11.5 Å². The van der Waals surface area contributed by atoms with Gasteiger partial charge in [-0.3, -0.25) is 0 Å². The Morgan fingerprint density at radius 2 is 1.42 bits per heavy atom. The number of methoxy groups -OCH3 is 1. The molecule has 0 radical (unpaired) electrons. The average Bonchev–Trinajstić information content (AvgIpc) is 2.54. The third-order valence-electron chi connectivity index (χ3n) is 2.86. The topological polar surface area (TPSA) is 69.7 Å². The maximum atomic E-state index is 12.2. The van der Waals surface area contributed by atoms with Crippen molar-refractivity contribution in [2.45, 2.75) is 11.3 Å². The van der Waals surface area contributed by atoms with Crippen LogP contribution < -0.4 is 8.92 Å². The molecule has 0 fully saturated rings. The molecule has 1 atom stereocenters. The molecule has 0 N–H and O–H groups in total. The van der Waals surface area contributed by atoms with Gasteiger partial charge in [-0.15, -0.1) is 0 Å². The lowest BCUT2D eigenvalue weighted by atomic mass is 10.3. The molecule has 0 amide bonds. The first-order valence-electron chi connectivity index (χ1n) is 6.31. The van der Waals surface area contributed by atoms with Crippen LogP contribution in [0.3, 0.4) is 0 Å². The van der Waals surface area contributed by atoms with Crippen LogP contribution in [0.25, 0.3) is 0 Å². The predicted octanol–water partition coefficient (Wildman–Crippen LogP) is 4.37. The van der Waals surface area contributed by atoms with E-state index in [1.165, 1.54) is 24.3 Å². The van der Waals surface area contributed by atoms with E-state index < -0.39 is 22.4 Å². The molecule has 0 aromatic heterocycles. The summed E-state index contributed by atoms with van der Waals surface area (Å²) in [6, 6.07) is 12.2. The number of hydrogen-bond acceptors (Lipinski definition) is 5. The van der Waals surface area contributed by atoms with E-state index in [1.807, 2.05) is 0 Å². The van der Waals surface area contributed by atoms with Crippen molar-refractivity contribution < 1.29 is 21.5 Å². The highest BCUT2D eigenvalue weighted by molar-refractivity contribution is 9.42. The first-order valence-corrected chi connectivity index (χ1v) is 11.2. The fraction of sp³-hybridized carbons (Fsp3) is 0.143. The molecule has 0 aliphatic carbocycles. The second kappa shape index (κ2) is 7.86. The molecule has 0 saturated heterocycles. The smallest absolute Gasteiger partial charge is 0.240 e. The van der Waals surface area contributed by atoms with Gasteiger partial charge in [-0.2, -0.15) is 0 Å². The van der Waals surface area contributed by atoms with Crippen LogP contribution in [0.1, 0.15) is 0 Å². The molecule has 2 aromatic carbocycles. The molecule has 5 nitrogen and oxygen atoms in total. The Morgan fingerprint density at radius 3 is 1.88 bits per heavy atom. The van der Waals surface area contributed by atoms with Crippen molar-refractivity contribution in [2.24, 2.45) is 0 Å². The summed E-state index contributed by atoms with van der Waals surface area (Å²) in [6.45, 7) is 0. The monoisotopic (exact) mass is 560 g/mol. The molecule has 130 valence electrons. The number of hydrogen-bond donors (Lipinski definition) is 0. The summed E-state index contributed by atoms with van der Waals surface area (Å²) in [6.07, 6.45) is 0. The zero-order valence-corrected chi connectivity index (χ0v) is 18.5. The molecule has 0 bridgehead atoms.